The van der Waals surface area contributed by atoms with Gasteiger partial charge < -0.3 is 25.7 Å². The lowest BCUT2D eigenvalue weighted by Gasteiger charge is -2.05. The SMILES string of the molecule is NC(=O)C(O)CNc1nc2ccc(C(=O)O)cc2o1. The molecule has 1 atom stereocenters. The summed E-state index contributed by atoms with van der Waals surface area (Å²) < 4.78 is 5.24. The van der Waals surface area contributed by atoms with E-state index in [1.54, 1.807) is 0 Å². The lowest BCUT2D eigenvalue weighted by atomic mass is 10.2. The number of rotatable bonds is 5. The first-order valence-corrected chi connectivity index (χ1v) is 5.32. The number of carboxylic acids is 1. The van der Waals surface area contributed by atoms with Crippen molar-refractivity contribution in [2.45, 2.75) is 6.10 Å². The highest BCUT2D eigenvalue weighted by atomic mass is 16.4. The van der Waals surface area contributed by atoms with Gasteiger partial charge in [0.2, 0.25) is 5.91 Å². The molecule has 2 rings (SSSR count). The zero-order valence-corrected chi connectivity index (χ0v) is 9.66. The minimum absolute atomic E-state index is 0.0674. The van der Waals surface area contributed by atoms with Gasteiger partial charge in [0.15, 0.2) is 5.58 Å². The summed E-state index contributed by atoms with van der Waals surface area (Å²) in [5.41, 5.74) is 5.71. The van der Waals surface area contributed by atoms with E-state index in [1.165, 1.54) is 18.2 Å². The standard InChI is InChI=1S/C11H11N3O5/c12-9(16)7(15)4-13-11-14-6-2-1-5(10(17)18)3-8(6)19-11/h1-3,7,15H,4H2,(H2,12,16)(H,13,14)(H,17,18). The van der Waals surface area contributed by atoms with E-state index in [9.17, 15) is 14.7 Å². The maximum Gasteiger partial charge on any atom is 0.335 e. The Morgan fingerprint density at radius 1 is 1.47 bits per heavy atom. The molecule has 0 radical (unpaired) electrons. The largest absolute Gasteiger partial charge is 0.478 e. The molecular weight excluding hydrogens is 254 g/mol. The fourth-order valence-corrected chi connectivity index (χ4v) is 1.42. The predicted molar refractivity (Wildman–Crippen MR) is 64.7 cm³/mol. The van der Waals surface area contributed by atoms with Gasteiger partial charge in [0.25, 0.3) is 6.01 Å². The van der Waals surface area contributed by atoms with Crippen molar-refractivity contribution in [2.75, 3.05) is 11.9 Å². The molecular formula is C11H11N3O5. The third kappa shape index (κ3) is 2.80. The molecule has 0 saturated carbocycles. The summed E-state index contributed by atoms with van der Waals surface area (Å²) in [5, 5.41) is 20.6. The number of nitrogens with two attached hydrogens (primary N) is 1. The van der Waals surface area contributed by atoms with E-state index in [-0.39, 0.29) is 23.7 Å². The van der Waals surface area contributed by atoms with Gasteiger partial charge in [-0.25, -0.2) is 4.79 Å². The first kappa shape index (κ1) is 12.8. The van der Waals surface area contributed by atoms with Gasteiger partial charge >= 0.3 is 5.97 Å². The molecule has 8 heteroatoms. The number of aliphatic hydroxyl groups is 1. The maximum absolute atomic E-state index is 10.8. The fourth-order valence-electron chi connectivity index (χ4n) is 1.42. The number of aliphatic hydroxyl groups excluding tert-OH is 1. The lowest BCUT2D eigenvalue weighted by molar-refractivity contribution is -0.125. The Hall–Kier alpha value is -2.61. The van der Waals surface area contributed by atoms with Crippen LogP contribution >= 0.6 is 0 Å². The van der Waals surface area contributed by atoms with E-state index in [0.717, 1.165) is 0 Å². The molecule has 1 heterocycles. The van der Waals surface area contributed by atoms with Crippen LogP contribution in [0.1, 0.15) is 10.4 Å². The number of primary amides is 1. The number of carbonyl (C=O) groups is 2. The quantitative estimate of drug-likeness (QED) is 0.586. The number of nitrogens with zero attached hydrogens (tertiary/aromatic N) is 1. The van der Waals surface area contributed by atoms with Crippen molar-refractivity contribution in [3.8, 4) is 0 Å². The minimum Gasteiger partial charge on any atom is -0.478 e. The molecule has 0 aliphatic heterocycles. The Kier molecular flexibility index (Phi) is 3.34. The molecule has 0 spiro atoms. The summed E-state index contributed by atoms with van der Waals surface area (Å²) in [6.07, 6.45) is -1.36. The molecule has 1 unspecified atom stereocenters. The van der Waals surface area contributed by atoms with Crippen LogP contribution in [0.15, 0.2) is 22.6 Å². The Morgan fingerprint density at radius 3 is 2.84 bits per heavy atom. The number of aromatic carboxylic acids is 1. The van der Waals surface area contributed by atoms with Gasteiger partial charge in [-0.15, -0.1) is 0 Å². The molecule has 5 N–H and O–H groups in total. The van der Waals surface area contributed by atoms with Crippen molar-refractivity contribution in [1.82, 2.24) is 4.98 Å². The van der Waals surface area contributed by atoms with Crippen LogP contribution in [0.2, 0.25) is 0 Å². The second-order valence-electron chi connectivity index (χ2n) is 3.81. The third-order valence-corrected chi connectivity index (χ3v) is 2.41. The highest BCUT2D eigenvalue weighted by Crippen LogP contribution is 2.20. The van der Waals surface area contributed by atoms with Crippen LogP contribution in [0.5, 0.6) is 0 Å². The van der Waals surface area contributed by atoms with Crippen LogP contribution in [-0.4, -0.2) is 39.7 Å². The van der Waals surface area contributed by atoms with E-state index in [1.807, 2.05) is 0 Å². The summed E-state index contributed by atoms with van der Waals surface area (Å²) in [5.74, 6) is -1.94. The van der Waals surface area contributed by atoms with Gasteiger partial charge in [0.1, 0.15) is 11.6 Å². The summed E-state index contributed by atoms with van der Waals surface area (Å²) >= 11 is 0. The Morgan fingerprint density at radius 2 is 2.21 bits per heavy atom. The zero-order valence-electron chi connectivity index (χ0n) is 9.66. The van der Waals surface area contributed by atoms with Crippen molar-refractivity contribution in [2.24, 2.45) is 5.73 Å². The summed E-state index contributed by atoms with van der Waals surface area (Å²) in [7, 11) is 0. The van der Waals surface area contributed by atoms with Crippen molar-refractivity contribution in [3.63, 3.8) is 0 Å². The van der Waals surface area contributed by atoms with Gasteiger partial charge in [-0.05, 0) is 18.2 Å². The number of carbonyl (C=O) groups excluding carboxylic acids is 1. The number of fused-ring (bicyclic) bond motifs is 1. The van der Waals surface area contributed by atoms with Crippen molar-refractivity contribution < 1.29 is 24.2 Å². The highest BCUT2D eigenvalue weighted by Gasteiger charge is 2.13. The molecule has 1 aromatic carbocycles. The number of hydrogen-bond donors (Lipinski definition) is 4. The normalized spacial score (nSPS) is 12.3. The zero-order chi connectivity index (χ0) is 14.0. The molecule has 0 aliphatic rings. The number of nitrogens with one attached hydrogen (secondary N) is 1. The number of amides is 1. The topological polar surface area (TPSA) is 139 Å². The minimum atomic E-state index is -1.36. The third-order valence-electron chi connectivity index (χ3n) is 2.41. The van der Waals surface area contributed by atoms with Crippen molar-refractivity contribution in [3.05, 3.63) is 23.8 Å². The molecule has 0 fully saturated rings. The van der Waals surface area contributed by atoms with Crippen LogP contribution in [0.3, 0.4) is 0 Å². The number of anilines is 1. The summed E-state index contributed by atoms with van der Waals surface area (Å²) in [6.45, 7) is -0.145. The van der Waals surface area contributed by atoms with E-state index < -0.39 is 18.0 Å². The Labute approximate surface area is 106 Å². The molecule has 1 aromatic heterocycles. The molecule has 0 aliphatic carbocycles. The van der Waals surface area contributed by atoms with Crippen LogP contribution in [0.25, 0.3) is 11.1 Å². The van der Waals surface area contributed by atoms with Crippen LogP contribution in [-0.2, 0) is 4.79 Å². The van der Waals surface area contributed by atoms with E-state index >= 15 is 0 Å². The van der Waals surface area contributed by atoms with Gasteiger partial charge in [0.05, 0.1) is 12.1 Å². The second-order valence-corrected chi connectivity index (χ2v) is 3.81. The Balaban J connectivity index is 2.17. The number of oxazole rings is 1. The molecule has 0 saturated heterocycles. The number of hydrogen-bond acceptors (Lipinski definition) is 6. The van der Waals surface area contributed by atoms with E-state index in [4.69, 9.17) is 15.3 Å². The first-order valence-electron chi connectivity index (χ1n) is 5.32. The van der Waals surface area contributed by atoms with E-state index in [0.29, 0.717) is 5.52 Å². The first-order chi connectivity index (χ1) is 8.97. The molecule has 0 bridgehead atoms. The number of aromatic nitrogens is 1. The molecule has 19 heavy (non-hydrogen) atoms. The van der Waals surface area contributed by atoms with Crippen molar-refractivity contribution in [1.29, 1.82) is 0 Å². The lowest BCUT2D eigenvalue weighted by Crippen LogP contribution is -2.34. The fraction of sp³-hybridized carbons (Fsp3) is 0.182. The van der Waals surface area contributed by atoms with Gasteiger partial charge in [-0.3, -0.25) is 4.79 Å². The summed E-state index contributed by atoms with van der Waals surface area (Å²) in [6, 6.07) is 4.30. The van der Waals surface area contributed by atoms with Crippen LogP contribution < -0.4 is 11.1 Å². The number of carboxylic acid groups (broad SMARTS) is 1. The van der Waals surface area contributed by atoms with Gasteiger partial charge in [-0.1, -0.05) is 0 Å². The van der Waals surface area contributed by atoms with Crippen LogP contribution in [0, 0.1) is 0 Å². The monoisotopic (exact) mass is 265 g/mol. The molecule has 100 valence electrons. The van der Waals surface area contributed by atoms with Gasteiger partial charge in [-0.2, -0.15) is 4.98 Å². The number of benzene rings is 1. The van der Waals surface area contributed by atoms with Crippen LogP contribution in [0.4, 0.5) is 6.01 Å². The van der Waals surface area contributed by atoms with E-state index in [2.05, 4.69) is 10.3 Å². The average Bonchev–Trinajstić information content (AvgIpc) is 2.77. The molecule has 1 amide bonds. The predicted octanol–water partition coefficient (Wildman–Crippen LogP) is -0.216. The smallest absolute Gasteiger partial charge is 0.335 e. The average molecular weight is 265 g/mol. The second kappa shape index (κ2) is 4.94. The highest BCUT2D eigenvalue weighted by molar-refractivity contribution is 5.92. The van der Waals surface area contributed by atoms with Crippen molar-refractivity contribution >= 4 is 29.0 Å². The molecule has 8 nitrogen and oxygen atoms in total. The maximum atomic E-state index is 10.8. The Bertz CT molecular complexity index is 636. The summed E-state index contributed by atoms with van der Waals surface area (Å²) in [4.78, 5) is 25.4. The molecule has 2 aromatic rings. The van der Waals surface area contributed by atoms with Gasteiger partial charge in [0, 0.05) is 0 Å².